The van der Waals surface area contributed by atoms with Crippen molar-refractivity contribution >= 4 is 226 Å². The second kappa shape index (κ2) is 33.0. The van der Waals surface area contributed by atoms with Crippen LogP contribution in [0, 0.1) is 0 Å². The molecular formula is C97H63Br3ClN3O2S5. The maximum Gasteiger partial charge on any atom is 0.255 e. The van der Waals surface area contributed by atoms with Gasteiger partial charge in [-0.05, 0) is 141 Å². The molecule has 3 N–H and O–H groups in total. The van der Waals surface area contributed by atoms with Crippen molar-refractivity contribution in [1.29, 1.82) is 0 Å². The summed E-state index contributed by atoms with van der Waals surface area (Å²) in [6.45, 7) is 0. The molecule has 0 radical (unpaired) electrons. The maximum atomic E-state index is 12.8. The number of fused-ring (bicyclic) bond motifs is 15. The Morgan fingerprint density at radius 1 is 0.360 bits per heavy atom. The summed E-state index contributed by atoms with van der Waals surface area (Å²) in [5, 5.41) is 15.9. The van der Waals surface area contributed by atoms with E-state index in [2.05, 4.69) is 314 Å². The lowest BCUT2D eigenvalue weighted by Crippen LogP contribution is -2.13. The van der Waals surface area contributed by atoms with E-state index < -0.39 is 5.24 Å². The number of hydrogen-bond donors (Lipinski definition) is 2. The molecule has 20 aromatic rings. The fourth-order valence-corrected chi connectivity index (χ4v) is 21.9. The zero-order valence-electron chi connectivity index (χ0n) is 59.0. The van der Waals surface area contributed by atoms with Crippen LogP contribution in [-0.2, 0) is 0 Å². The zero-order chi connectivity index (χ0) is 75.5. The molecule has 1 aliphatic rings. The second-order valence-corrected chi connectivity index (χ2v) is 35.0. The molecule has 0 bridgehead atoms. The normalized spacial score (nSPS) is 12.9. The topological polar surface area (TPSA) is 85.1 Å². The van der Waals surface area contributed by atoms with Gasteiger partial charge in [-0.2, -0.15) is 0 Å². The smallest absolute Gasteiger partial charge is 0.255 e. The van der Waals surface area contributed by atoms with Crippen LogP contribution in [0.5, 0.6) is 0 Å². The van der Waals surface area contributed by atoms with Gasteiger partial charge in [0.05, 0.1) is 31.7 Å². The van der Waals surface area contributed by atoms with E-state index in [4.69, 9.17) is 22.3 Å². The number of carbonyl (C=O) groups excluding carboxylic acids is 2. The van der Waals surface area contributed by atoms with Gasteiger partial charge >= 0.3 is 0 Å². The number of thiophene rings is 4. The number of nitrogens with zero attached hydrogens (tertiary/aromatic N) is 1. The Morgan fingerprint density at radius 3 is 1.48 bits per heavy atom. The van der Waals surface area contributed by atoms with Gasteiger partial charge in [-0.3, -0.25) is 9.59 Å². The van der Waals surface area contributed by atoms with Crippen LogP contribution in [0.25, 0.3) is 136 Å². The van der Waals surface area contributed by atoms with Crippen LogP contribution in [0.15, 0.2) is 370 Å². The molecular weight excluding hydrogens is 1670 g/mol. The van der Waals surface area contributed by atoms with Crippen LogP contribution < -0.4 is 11.1 Å². The number of anilines is 1. The van der Waals surface area contributed by atoms with Gasteiger partial charge in [0, 0.05) is 118 Å². The number of halogens is 4. The summed E-state index contributed by atoms with van der Waals surface area (Å²) in [6, 6.07) is 122. The van der Waals surface area contributed by atoms with Crippen LogP contribution in [0.1, 0.15) is 43.1 Å². The summed E-state index contributed by atoms with van der Waals surface area (Å²) in [5.41, 5.74) is 20.4. The molecule has 2 unspecified atom stereocenters. The molecule has 5 aromatic heterocycles. The van der Waals surface area contributed by atoms with Gasteiger partial charge in [-0.15, -0.1) is 57.1 Å². The van der Waals surface area contributed by atoms with Crippen molar-refractivity contribution in [1.82, 2.24) is 4.98 Å². The number of carbonyl (C=O) groups is 2. The minimum Gasteiger partial charge on any atom is -0.323 e. The number of hydrogen-bond acceptors (Lipinski definition) is 9. The molecule has 5 nitrogen and oxygen atoms in total. The molecule has 0 spiro atoms. The van der Waals surface area contributed by atoms with E-state index in [-0.39, 0.29) is 11.9 Å². The first kappa shape index (κ1) is 73.6. The third-order valence-electron chi connectivity index (χ3n) is 19.6. The number of nitrogens with one attached hydrogen (secondary N) is 1. The van der Waals surface area contributed by atoms with Gasteiger partial charge in [-0.1, -0.05) is 315 Å². The molecule has 1 aliphatic heterocycles. The van der Waals surface area contributed by atoms with Crippen molar-refractivity contribution in [2.24, 2.45) is 5.73 Å². The predicted octanol–water partition coefficient (Wildman–Crippen LogP) is 30.9. The van der Waals surface area contributed by atoms with E-state index in [1.807, 2.05) is 119 Å². The Balaban J connectivity index is 0.000000106. The summed E-state index contributed by atoms with van der Waals surface area (Å²) in [5.74, 6) is -0.109. The van der Waals surface area contributed by atoms with Gasteiger partial charge in [0.25, 0.3) is 11.1 Å². The Bertz CT molecular complexity index is 6900. The first-order chi connectivity index (χ1) is 54.4. The number of rotatable bonds is 8. The van der Waals surface area contributed by atoms with Crippen molar-refractivity contribution in [2.75, 3.05) is 5.32 Å². The predicted molar refractivity (Wildman–Crippen MR) is 490 cm³/mol. The third kappa shape index (κ3) is 15.4. The highest BCUT2D eigenvalue weighted by Gasteiger charge is 2.31. The van der Waals surface area contributed by atoms with Gasteiger partial charge in [-0.25, -0.2) is 4.98 Å². The largest absolute Gasteiger partial charge is 0.323 e. The maximum absolute atomic E-state index is 12.8. The van der Waals surface area contributed by atoms with Gasteiger partial charge < -0.3 is 11.1 Å². The van der Waals surface area contributed by atoms with E-state index in [1.165, 1.54) is 115 Å². The quantitative estimate of drug-likeness (QED) is 0.148. The molecule has 14 heteroatoms. The fourth-order valence-electron chi connectivity index (χ4n) is 14.4. The molecule has 6 heterocycles. The summed E-state index contributed by atoms with van der Waals surface area (Å²) >= 11 is 24.6. The lowest BCUT2D eigenvalue weighted by molar-refractivity contribution is 0.102. The lowest BCUT2D eigenvalue weighted by atomic mass is 9.93. The molecule has 21 rings (SSSR count). The molecule has 15 aromatic carbocycles. The minimum absolute atomic E-state index is 0.109. The number of amides is 1. The molecule has 0 saturated carbocycles. The second-order valence-electron chi connectivity index (χ2n) is 26.5. The van der Waals surface area contributed by atoms with Gasteiger partial charge in [0.2, 0.25) is 0 Å². The Hall–Kier alpha value is -10.2. The molecule has 536 valence electrons. The molecule has 0 aliphatic carbocycles. The Kier molecular flexibility index (Phi) is 21.9. The average molecular weight is 1740 g/mol. The van der Waals surface area contributed by atoms with Crippen LogP contribution in [-0.4, -0.2) is 16.1 Å². The molecule has 111 heavy (non-hydrogen) atoms. The van der Waals surface area contributed by atoms with Crippen LogP contribution in [0.4, 0.5) is 5.69 Å². The van der Waals surface area contributed by atoms with Crippen molar-refractivity contribution in [3.05, 3.63) is 388 Å². The monoisotopic (exact) mass is 1730 g/mol. The highest BCUT2D eigenvalue weighted by Crippen LogP contribution is 2.52. The zero-order valence-corrected chi connectivity index (χ0v) is 68.6. The molecule has 0 fully saturated rings. The van der Waals surface area contributed by atoms with Crippen molar-refractivity contribution in [2.45, 2.75) is 16.2 Å². The third-order valence-corrected chi connectivity index (χ3v) is 27.6. The van der Waals surface area contributed by atoms with Crippen LogP contribution in [0.3, 0.4) is 0 Å². The number of aromatic nitrogens is 1. The summed E-state index contributed by atoms with van der Waals surface area (Å²) in [4.78, 5) is 30.8. The standard InChI is InChI=1S/C34H20S2.C21H14BrNOS.C21H12BrNS.C14H13NS.C7H4BrClO/c1-2-14-27-24(11-1)29(20-30-26-13-4-6-18-32(26)36-34(27)30)22-10-7-9-21(19-22)23-15-8-16-28-25-12-3-5-17-31(25)35-33(23)28;22-16-10-6-9-15(13-16)21(24)23-19-17-11-4-5-12-18(17)25-20(19)14-7-2-1-3-8-14;22-14-7-5-6-13(12-14)19-15-8-1-2-9-16(15)21-20(23-19)17-10-3-4-11-18(17)24-21;15-13-11-8-4-5-9-12(11)16-14(13)10-6-2-1-3-7-10;8-6-3-1-2-5(4-6)7(9)10/h1-20H;1-13H,(H,23,24);1-12H;1-9,13-14H,15H2;1-4H. The van der Waals surface area contributed by atoms with E-state index in [1.54, 1.807) is 29.5 Å². The van der Waals surface area contributed by atoms with E-state index in [0.29, 0.717) is 16.4 Å². The SMILES string of the molecule is Brc1cccc(-c2nc3c4ccccc4sc3c3ccccc23)c1.NC1c2ccccc2SC1c1ccccc1.O=C(Cl)c1cccc(Br)c1.O=C(Nc1c(-c2ccccc2)sc2ccccc12)c1cccc(Br)c1.c1cc(-c2cc3c4ccccc4sc3c3ccccc23)cc(-c2cccc3c2sc2ccccc23)c1. The number of benzene rings is 15. The van der Waals surface area contributed by atoms with Crippen LogP contribution in [0.2, 0.25) is 0 Å². The van der Waals surface area contributed by atoms with Gasteiger partial charge in [0.1, 0.15) is 0 Å². The number of nitrogens with two attached hydrogens (primary N) is 1. The average Bonchev–Trinajstić information content (AvgIpc) is 1.66. The van der Waals surface area contributed by atoms with E-state index >= 15 is 0 Å². The van der Waals surface area contributed by atoms with Gasteiger partial charge in [0.15, 0.2) is 0 Å². The van der Waals surface area contributed by atoms with E-state index in [9.17, 15) is 9.59 Å². The highest BCUT2D eigenvalue weighted by molar-refractivity contribution is 9.11. The fraction of sp³-hybridized carbons (Fsp3) is 0.0206. The number of thioether (sulfide) groups is 1. The number of pyridine rings is 1. The van der Waals surface area contributed by atoms with E-state index in [0.717, 1.165) is 56.4 Å². The lowest BCUT2D eigenvalue weighted by Gasteiger charge is -2.15. The molecule has 1 amide bonds. The van der Waals surface area contributed by atoms with Crippen LogP contribution >= 0.6 is 116 Å². The van der Waals surface area contributed by atoms with Crippen molar-refractivity contribution < 1.29 is 9.59 Å². The summed E-state index contributed by atoms with van der Waals surface area (Å²) < 4.78 is 12.0. The summed E-state index contributed by atoms with van der Waals surface area (Å²) in [7, 11) is 0. The first-order valence-corrected chi connectivity index (χ1v) is 42.8. The highest BCUT2D eigenvalue weighted by atomic mass is 79.9. The molecule has 0 saturated heterocycles. The Labute approximate surface area is 692 Å². The summed E-state index contributed by atoms with van der Waals surface area (Å²) in [6.07, 6.45) is 0. The minimum atomic E-state index is -0.429. The van der Waals surface area contributed by atoms with Crippen molar-refractivity contribution in [3.63, 3.8) is 0 Å². The van der Waals surface area contributed by atoms with Crippen molar-refractivity contribution in [3.8, 4) is 44.0 Å². The molecule has 2 atom stereocenters. The first-order valence-electron chi connectivity index (χ1n) is 35.9. The Morgan fingerprint density at radius 2 is 0.820 bits per heavy atom.